The van der Waals surface area contributed by atoms with Crippen LogP contribution in [0.3, 0.4) is 0 Å². The highest BCUT2D eigenvalue weighted by molar-refractivity contribution is 5.78. The molecule has 26 heavy (non-hydrogen) atoms. The second-order valence-corrected chi connectivity index (χ2v) is 7.71. The van der Waals surface area contributed by atoms with E-state index in [4.69, 9.17) is 0 Å². The van der Waals surface area contributed by atoms with Gasteiger partial charge in [0.05, 0.1) is 18.3 Å². The summed E-state index contributed by atoms with van der Waals surface area (Å²) < 4.78 is 1.81. The standard InChI is InChI=1S/C21H30N4O/c1-17-11-18(2)15-24(14-17)10-6-9-22-21(26)12-19-13-23-25(16-19)20-7-4-3-5-8-20/h3-5,7-8,13,16-18H,6,9-12,14-15H2,1-2H3,(H,22,26)/t17-,18-/m0/s1. The van der Waals surface area contributed by atoms with Crippen molar-refractivity contribution in [3.63, 3.8) is 0 Å². The molecule has 1 aromatic carbocycles. The average molecular weight is 354 g/mol. The Morgan fingerprint density at radius 1 is 1.19 bits per heavy atom. The molecule has 0 radical (unpaired) electrons. The highest BCUT2D eigenvalue weighted by atomic mass is 16.1. The molecule has 1 aromatic heterocycles. The van der Waals surface area contributed by atoms with Gasteiger partial charge in [-0.15, -0.1) is 0 Å². The van der Waals surface area contributed by atoms with Gasteiger partial charge >= 0.3 is 0 Å². The van der Waals surface area contributed by atoms with Crippen LogP contribution >= 0.6 is 0 Å². The Labute approximate surface area is 156 Å². The van der Waals surface area contributed by atoms with Gasteiger partial charge in [0.1, 0.15) is 0 Å². The van der Waals surface area contributed by atoms with Crippen LogP contribution in [0.25, 0.3) is 5.69 Å². The summed E-state index contributed by atoms with van der Waals surface area (Å²) in [5.41, 5.74) is 1.94. The van der Waals surface area contributed by atoms with Crippen LogP contribution in [0.1, 0.15) is 32.3 Å². The van der Waals surface area contributed by atoms with Crippen molar-refractivity contribution in [2.45, 2.75) is 33.1 Å². The summed E-state index contributed by atoms with van der Waals surface area (Å²) >= 11 is 0. The Hall–Kier alpha value is -2.14. The van der Waals surface area contributed by atoms with E-state index in [0.29, 0.717) is 6.42 Å². The van der Waals surface area contributed by atoms with E-state index in [1.54, 1.807) is 10.9 Å². The summed E-state index contributed by atoms with van der Waals surface area (Å²) in [6.45, 7) is 8.86. The topological polar surface area (TPSA) is 50.2 Å². The van der Waals surface area contributed by atoms with Crippen LogP contribution in [0.5, 0.6) is 0 Å². The first kappa shape index (κ1) is 18.6. The van der Waals surface area contributed by atoms with Gasteiger partial charge in [-0.1, -0.05) is 32.0 Å². The lowest BCUT2D eigenvalue weighted by molar-refractivity contribution is -0.120. The maximum Gasteiger partial charge on any atom is 0.224 e. The minimum absolute atomic E-state index is 0.0676. The third kappa shape index (κ3) is 5.43. The highest BCUT2D eigenvalue weighted by Gasteiger charge is 2.21. The molecule has 0 aliphatic carbocycles. The smallest absolute Gasteiger partial charge is 0.224 e. The number of carbonyl (C=O) groups excluding carboxylic acids is 1. The van der Waals surface area contributed by atoms with Gasteiger partial charge in [0.2, 0.25) is 5.91 Å². The van der Waals surface area contributed by atoms with Crippen LogP contribution in [-0.2, 0) is 11.2 Å². The molecule has 0 bridgehead atoms. The van der Waals surface area contributed by atoms with E-state index in [2.05, 4.69) is 29.2 Å². The minimum atomic E-state index is 0.0676. The highest BCUT2D eigenvalue weighted by Crippen LogP contribution is 2.20. The number of nitrogens with zero attached hydrogens (tertiary/aromatic N) is 3. The molecule has 1 fully saturated rings. The number of rotatable bonds is 7. The van der Waals surface area contributed by atoms with Crippen molar-refractivity contribution in [3.05, 3.63) is 48.3 Å². The second kappa shape index (κ2) is 8.99. The molecule has 1 N–H and O–H groups in total. The monoisotopic (exact) mass is 354 g/mol. The van der Waals surface area contributed by atoms with Gasteiger partial charge in [-0.25, -0.2) is 4.68 Å². The summed E-state index contributed by atoms with van der Waals surface area (Å²) in [5, 5.41) is 7.38. The SMILES string of the molecule is C[C@H]1C[C@H](C)CN(CCCNC(=O)Cc2cnn(-c3ccccc3)c2)C1. The van der Waals surface area contributed by atoms with E-state index in [0.717, 1.165) is 42.6 Å². The predicted octanol–water partition coefficient (Wildman–Crippen LogP) is 2.90. The largest absolute Gasteiger partial charge is 0.356 e. The summed E-state index contributed by atoms with van der Waals surface area (Å²) in [5.74, 6) is 1.64. The fraction of sp³-hybridized carbons (Fsp3) is 0.524. The van der Waals surface area contributed by atoms with Crippen molar-refractivity contribution in [2.75, 3.05) is 26.2 Å². The van der Waals surface area contributed by atoms with Crippen LogP contribution < -0.4 is 5.32 Å². The van der Waals surface area contributed by atoms with Crippen molar-refractivity contribution in [2.24, 2.45) is 11.8 Å². The Bertz CT molecular complexity index is 687. The van der Waals surface area contributed by atoms with Gasteiger partial charge in [0.25, 0.3) is 0 Å². The van der Waals surface area contributed by atoms with Gasteiger partial charge in [-0.3, -0.25) is 4.79 Å². The van der Waals surface area contributed by atoms with Crippen molar-refractivity contribution >= 4 is 5.91 Å². The summed E-state index contributed by atoms with van der Waals surface area (Å²) in [4.78, 5) is 14.7. The fourth-order valence-corrected chi connectivity index (χ4v) is 3.93. The molecular formula is C21H30N4O. The van der Waals surface area contributed by atoms with Crippen molar-refractivity contribution < 1.29 is 4.79 Å². The number of hydrogen-bond acceptors (Lipinski definition) is 3. The van der Waals surface area contributed by atoms with Crippen molar-refractivity contribution in [1.29, 1.82) is 0 Å². The van der Waals surface area contributed by atoms with Crippen LogP contribution in [0.2, 0.25) is 0 Å². The maximum atomic E-state index is 12.2. The Kier molecular flexibility index (Phi) is 6.45. The zero-order valence-corrected chi connectivity index (χ0v) is 15.9. The van der Waals surface area contributed by atoms with Gasteiger partial charge in [-0.05, 0) is 48.9 Å². The lowest BCUT2D eigenvalue weighted by atomic mass is 9.92. The number of nitrogens with one attached hydrogen (secondary N) is 1. The summed E-state index contributed by atoms with van der Waals surface area (Å²) in [6, 6.07) is 9.94. The molecule has 1 amide bonds. The third-order valence-corrected chi connectivity index (χ3v) is 4.94. The first-order chi connectivity index (χ1) is 12.6. The molecule has 1 aliphatic rings. The number of amides is 1. The average Bonchev–Trinajstić information content (AvgIpc) is 3.07. The maximum absolute atomic E-state index is 12.2. The zero-order chi connectivity index (χ0) is 18.4. The number of likely N-dealkylation sites (tertiary alicyclic amines) is 1. The van der Waals surface area contributed by atoms with Gasteiger partial charge in [0.15, 0.2) is 0 Å². The predicted molar refractivity (Wildman–Crippen MR) is 104 cm³/mol. The van der Waals surface area contributed by atoms with E-state index in [9.17, 15) is 4.79 Å². The van der Waals surface area contributed by atoms with Gasteiger partial charge in [0, 0.05) is 25.8 Å². The molecule has 0 unspecified atom stereocenters. The second-order valence-electron chi connectivity index (χ2n) is 7.71. The molecule has 5 heteroatoms. The lowest BCUT2D eigenvalue weighted by Gasteiger charge is -2.34. The van der Waals surface area contributed by atoms with Crippen LogP contribution in [0.4, 0.5) is 0 Å². The van der Waals surface area contributed by atoms with E-state index < -0.39 is 0 Å². The molecule has 2 aromatic rings. The van der Waals surface area contributed by atoms with Crippen LogP contribution in [0.15, 0.2) is 42.7 Å². The molecule has 140 valence electrons. The zero-order valence-electron chi connectivity index (χ0n) is 15.9. The normalized spacial score (nSPS) is 20.8. The molecule has 0 saturated carbocycles. The lowest BCUT2D eigenvalue weighted by Crippen LogP contribution is -2.40. The molecule has 1 saturated heterocycles. The Morgan fingerprint density at radius 2 is 1.92 bits per heavy atom. The number of aromatic nitrogens is 2. The van der Waals surface area contributed by atoms with Crippen molar-refractivity contribution in [1.82, 2.24) is 20.0 Å². The molecule has 5 nitrogen and oxygen atoms in total. The Morgan fingerprint density at radius 3 is 2.65 bits per heavy atom. The number of para-hydroxylation sites is 1. The third-order valence-electron chi connectivity index (χ3n) is 4.94. The van der Waals surface area contributed by atoms with Crippen LogP contribution in [-0.4, -0.2) is 46.8 Å². The van der Waals surface area contributed by atoms with Crippen LogP contribution in [0, 0.1) is 11.8 Å². The molecule has 3 rings (SSSR count). The van der Waals surface area contributed by atoms with E-state index in [1.165, 1.54) is 19.5 Å². The first-order valence-electron chi connectivity index (χ1n) is 9.68. The molecule has 2 heterocycles. The molecule has 0 spiro atoms. The van der Waals surface area contributed by atoms with E-state index >= 15 is 0 Å². The minimum Gasteiger partial charge on any atom is -0.356 e. The molecular weight excluding hydrogens is 324 g/mol. The number of hydrogen-bond donors (Lipinski definition) is 1. The van der Waals surface area contributed by atoms with E-state index in [1.807, 2.05) is 36.5 Å². The number of piperidine rings is 1. The first-order valence-corrected chi connectivity index (χ1v) is 9.68. The quantitative estimate of drug-likeness (QED) is 0.778. The molecule has 2 atom stereocenters. The van der Waals surface area contributed by atoms with E-state index in [-0.39, 0.29) is 5.91 Å². The van der Waals surface area contributed by atoms with Gasteiger partial charge < -0.3 is 10.2 Å². The fourth-order valence-electron chi connectivity index (χ4n) is 3.93. The summed E-state index contributed by atoms with van der Waals surface area (Å²) in [7, 11) is 0. The molecule has 1 aliphatic heterocycles. The number of carbonyl (C=O) groups is 1. The summed E-state index contributed by atoms with van der Waals surface area (Å²) in [6.07, 6.45) is 6.41. The van der Waals surface area contributed by atoms with Gasteiger partial charge in [-0.2, -0.15) is 5.10 Å². The Balaban J connectivity index is 1.37. The number of benzene rings is 1. The van der Waals surface area contributed by atoms with Crippen molar-refractivity contribution in [3.8, 4) is 5.69 Å².